The van der Waals surface area contributed by atoms with Gasteiger partial charge in [0.15, 0.2) is 11.5 Å². The molecule has 44 heavy (non-hydrogen) atoms. The highest BCUT2D eigenvalue weighted by Gasteiger charge is 2.47. The average Bonchev–Trinajstić information content (AvgIpc) is 3.51. The van der Waals surface area contributed by atoms with E-state index in [4.69, 9.17) is 18.9 Å². The van der Waals surface area contributed by atoms with Crippen LogP contribution < -0.4 is 18.9 Å². The molecule has 1 saturated heterocycles. The van der Waals surface area contributed by atoms with E-state index in [1.54, 1.807) is 7.11 Å². The minimum absolute atomic E-state index is 0.0854. The molecule has 0 spiro atoms. The van der Waals surface area contributed by atoms with Crippen LogP contribution in [0.2, 0.25) is 0 Å². The van der Waals surface area contributed by atoms with Crippen molar-refractivity contribution in [2.24, 2.45) is 0 Å². The number of ether oxygens (including phenoxy) is 4. The van der Waals surface area contributed by atoms with Gasteiger partial charge in [-0.05, 0) is 73.3 Å². The number of nitrogens with zero attached hydrogens (tertiary/aromatic N) is 2. The molecular formula is C37H36N2O5. The summed E-state index contributed by atoms with van der Waals surface area (Å²) in [6.45, 7) is 5.07. The fourth-order valence-electron chi connectivity index (χ4n) is 6.75. The van der Waals surface area contributed by atoms with Crippen molar-refractivity contribution in [3.05, 3.63) is 124 Å². The van der Waals surface area contributed by atoms with Gasteiger partial charge in [-0.25, -0.2) is 0 Å². The van der Waals surface area contributed by atoms with E-state index in [2.05, 4.69) is 42.2 Å². The predicted octanol–water partition coefficient (Wildman–Crippen LogP) is 6.60. The zero-order valence-corrected chi connectivity index (χ0v) is 25.5. The van der Waals surface area contributed by atoms with E-state index in [1.165, 1.54) is 5.56 Å². The number of benzene rings is 4. The average molecular weight is 589 g/mol. The fraction of sp³-hybridized carbons (Fsp3) is 0.270. The van der Waals surface area contributed by atoms with E-state index in [0.717, 1.165) is 44.8 Å². The normalized spacial score (nSPS) is 19.7. The fourth-order valence-corrected chi connectivity index (χ4v) is 6.75. The number of carbonyl (C=O) groups is 1. The minimum Gasteiger partial charge on any atom is -0.496 e. The summed E-state index contributed by atoms with van der Waals surface area (Å²) in [6.07, 6.45) is 2.76. The van der Waals surface area contributed by atoms with Crippen LogP contribution >= 0.6 is 0 Å². The van der Waals surface area contributed by atoms with E-state index in [-0.39, 0.29) is 24.8 Å². The Bertz CT molecular complexity index is 1750. The summed E-state index contributed by atoms with van der Waals surface area (Å²) in [4.78, 5) is 18.5. The van der Waals surface area contributed by atoms with E-state index in [9.17, 15) is 4.79 Å². The molecular weight excluding hydrogens is 552 g/mol. The maximum absolute atomic E-state index is 14.4. The summed E-state index contributed by atoms with van der Waals surface area (Å²) >= 11 is 0. The molecule has 0 N–H and O–H groups in total. The largest absolute Gasteiger partial charge is 0.496 e. The molecule has 1 fully saturated rings. The number of hydrogen-bond acceptors (Lipinski definition) is 6. The summed E-state index contributed by atoms with van der Waals surface area (Å²) in [5.74, 6) is 3.00. The third kappa shape index (κ3) is 4.87. The van der Waals surface area contributed by atoms with Crippen molar-refractivity contribution in [1.29, 1.82) is 0 Å². The first-order valence-corrected chi connectivity index (χ1v) is 15.0. The van der Waals surface area contributed by atoms with Crippen molar-refractivity contribution in [3.8, 4) is 23.0 Å². The third-order valence-electron chi connectivity index (χ3n) is 8.99. The van der Waals surface area contributed by atoms with Gasteiger partial charge in [0.2, 0.25) is 12.7 Å². The van der Waals surface area contributed by atoms with Crippen molar-refractivity contribution in [1.82, 2.24) is 9.80 Å². The number of methoxy groups -OCH3 is 1. The summed E-state index contributed by atoms with van der Waals surface area (Å²) in [5.41, 5.74) is 8.10. The van der Waals surface area contributed by atoms with Gasteiger partial charge in [-0.3, -0.25) is 9.69 Å². The van der Waals surface area contributed by atoms with Gasteiger partial charge in [-0.1, -0.05) is 66.7 Å². The van der Waals surface area contributed by atoms with Crippen LogP contribution in [-0.2, 0) is 24.4 Å². The Labute approximate surface area is 258 Å². The number of aryl methyl sites for hydroxylation is 1. The molecule has 0 unspecified atom stereocenters. The van der Waals surface area contributed by atoms with Crippen molar-refractivity contribution >= 4 is 12.0 Å². The number of fused-ring (bicyclic) bond motifs is 5. The first-order valence-electron chi connectivity index (χ1n) is 15.0. The zero-order chi connectivity index (χ0) is 30.4. The van der Waals surface area contributed by atoms with Crippen LogP contribution in [0, 0.1) is 13.8 Å². The second-order valence-corrected chi connectivity index (χ2v) is 11.7. The molecule has 0 aliphatic carbocycles. The molecule has 2 atom stereocenters. The van der Waals surface area contributed by atoms with E-state index >= 15 is 0 Å². The molecule has 0 radical (unpaired) electrons. The highest BCUT2D eigenvalue weighted by Crippen LogP contribution is 2.48. The topological polar surface area (TPSA) is 60.5 Å². The van der Waals surface area contributed by atoms with Crippen LogP contribution in [0.1, 0.15) is 45.0 Å². The van der Waals surface area contributed by atoms with Crippen molar-refractivity contribution in [2.45, 2.75) is 45.5 Å². The van der Waals surface area contributed by atoms with Gasteiger partial charge >= 0.3 is 0 Å². The monoisotopic (exact) mass is 588 g/mol. The van der Waals surface area contributed by atoms with Gasteiger partial charge in [-0.2, -0.15) is 0 Å². The van der Waals surface area contributed by atoms with Gasteiger partial charge in [0, 0.05) is 16.8 Å². The van der Waals surface area contributed by atoms with Gasteiger partial charge in [0.25, 0.3) is 0 Å². The molecule has 3 aliphatic rings. The Morgan fingerprint density at radius 3 is 2.41 bits per heavy atom. The Hall–Kier alpha value is -4.75. The van der Waals surface area contributed by atoms with Crippen molar-refractivity contribution in [2.75, 3.05) is 21.0 Å². The van der Waals surface area contributed by atoms with Crippen LogP contribution in [-0.4, -0.2) is 42.7 Å². The third-order valence-corrected chi connectivity index (χ3v) is 8.99. The summed E-state index contributed by atoms with van der Waals surface area (Å²) in [6, 6.07) is 26.1. The quantitative estimate of drug-likeness (QED) is 0.243. The highest BCUT2D eigenvalue weighted by atomic mass is 16.7. The van der Waals surface area contributed by atoms with Crippen LogP contribution in [0.25, 0.3) is 6.08 Å². The molecule has 7 rings (SSSR count). The lowest BCUT2D eigenvalue weighted by Gasteiger charge is -2.50. The maximum atomic E-state index is 14.4. The molecule has 3 aliphatic heterocycles. The Morgan fingerprint density at radius 1 is 0.955 bits per heavy atom. The van der Waals surface area contributed by atoms with Crippen molar-refractivity contribution in [3.63, 3.8) is 0 Å². The lowest BCUT2D eigenvalue weighted by atomic mass is 9.81. The van der Waals surface area contributed by atoms with E-state index < -0.39 is 0 Å². The number of hydrogen-bond donors (Lipinski definition) is 0. The van der Waals surface area contributed by atoms with E-state index in [1.807, 2.05) is 73.5 Å². The molecule has 224 valence electrons. The number of piperazine rings is 1. The second kappa shape index (κ2) is 11.4. The Kier molecular flexibility index (Phi) is 7.26. The molecule has 7 nitrogen and oxygen atoms in total. The highest BCUT2D eigenvalue weighted by molar-refractivity contribution is 5.88. The van der Waals surface area contributed by atoms with Crippen LogP contribution in [0.3, 0.4) is 0 Å². The lowest BCUT2D eigenvalue weighted by Crippen LogP contribution is -2.58. The number of amides is 1. The molecule has 4 aromatic carbocycles. The number of likely N-dealkylation sites (N-methyl/N-ethyl adjacent to an activating group) is 1. The predicted molar refractivity (Wildman–Crippen MR) is 169 cm³/mol. The molecule has 4 aromatic rings. The molecule has 0 saturated carbocycles. The zero-order valence-electron chi connectivity index (χ0n) is 25.5. The molecule has 7 heteroatoms. The van der Waals surface area contributed by atoms with Gasteiger partial charge in [0.1, 0.15) is 18.1 Å². The minimum atomic E-state index is -0.270. The van der Waals surface area contributed by atoms with Gasteiger partial charge in [0.05, 0.1) is 25.7 Å². The van der Waals surface area contributed by atoms with Gasteiger partial charge in [-0.15, -0.1) is 0 Å². The summed E-state index contributed by atoms with van der Waals surface area (Å²) < 4.78 is 24.0. The molecule has 3 heterocycles. The molecule has 1 amide bonds. The van der Waals surface area contributed by atoms with Crippen molar-refractivity contribution < 1.29 is 23.7 Å². The number of carbonyl (C=O) groups excluding carboxylic acids is 1. The van der Waals surface area contributed by atoms with Gasteiger partial charge < -0.3 is 23.8 Å². The number of rotatable bonds is 7. The summed E-state index contributed by atoms with van der Waals surface area (Å²) in [7, 11) is 3.76. The van der Waals surface area contributed by atoms with E-state index in [0.29, 0.717) is 36.8 Å². The second-order valence-electron chi connectivity index (χ2n) is 11.7. The first kappa shape index (κ1) is 28.0. The smallest absolute Gasteiger partial charge is 0.244 e. The Balaban J connectivity index is 1.41. The molecule has 2 bridgehead atoms. The molecule has 0 aromatic heterocycles. The van der Waals surface area contributed by atoms with Crippen LogP contribution in [0.4, 0.5) is 0 Å². The Morgan fingerprint density at radius 2 is 1.68 bits per heavy atom. The summed E-state index contributed by atoms with van der Waals surface area (Å²) in [5, 5.41) is 0. The lowest BCUT2D eigenvalue weighted by molar-refractivity contribution is -0.141. The van der Waals surface area contributed by atoms with Crippen LogP contribution in [0.5, 0.6) is 23.0 Å². The SMILES string of the molecule is COc1cc2c(cc1C)C[C@H]1C(=O)N(Cc3ccccc3)/C(=C/c3cc4c(c(C)c3OCc3ccccc3)OCO4)[C@@H]2N1C. The standard InChI is InChI=1S/C37H36N2O5/c1-23-15-27-16-31-37(40)39(20-25-11-7-5-8-12-25)30(34(38(31)3)29(27)19-32(23)41-4)17-28-18-33-36(44-22-43-33)24(2)35(28)42-21-26-13-9-6-10-14-26/h5-15,17-19,31,34H,16,20-22H2,1-4H3/b30-17+/t31-,34+/m0/s1. The first-order chi connectivity index (χ1) is 21.4. The van der Waals surface area contributed by atoms with Crippen LogP contribution in [0.15, 0.2) is 84.6 Å². The maximum Gasteiger partial charge on any atom is 0.244 e.